The first-order valence-electron chi connectivity index (χ1n) is 15.6. The average Bonchev–Trinajstić information content (AvgIpc) is 3.43. The first-order chi connectivity index (χ1) is 21.3. The molecule has 0 unspecified atom stereocenters. The number of morpholine rings is 1. The highest BCUT2D eigenvalue weighted by molar-refractivity contribution is 6.00. The summed E-state index contributed by atoms with van der Waals surface area (Å²) in [6.45, 7) is 4.15. The highest BCUT2D eigenvalue weighted by atomic mass is 16.5. The van der Waals surface area contributed by atoms with Gasteiger partial charge in [-0.25, -0.2) is 4.52 Å². The van der Waals surface area contributed by atoms with Crippen molar-refractivity contribution >= 4 is 28.8 Å². The van der Waals surface area contributed by atoms with Gasteiger partial charge in [-0.15, -0.1) is 0 Å². The largest absolute Gasteiger partial charge is 0.379 e. The van der Waals surface area contributed by atoms with Gasteiger partial charge in [0.25, 0.3) is 5.91 Å². The van der Waals surface area contributed by atoms with Crippen LogP contribution in [0.5, 0.6) is 0 Å². The van der Waals surface area contributed by atoms with E-state index in [1.165, 1.54) is 6.20 Å². The second-order valence-electron chi connectivity index (χ2n) is 13.3. The summed E-state index contributed by atoms with van der Waals surface area (Å²) in [5.41, 5.74) is 3.84. The number of amides is 2. The number of aromatic nitrogens is 3. The summed E-state index contributed by atoms with van der Waals surface area (Å²) in [5.74, 6) is 0.247. The number of hydrogen-bond donors (Lipinski definition) is 2. The van der Waals surface area contributed by atoms with E-state index in [0.29, 0.717) is 55.2 Å². The first kappa shape index (κ1) is 28.5. The number of rotatable bonds is 8. The molecule has 4 saturated carbocycles. The lowest BCUT2D eigenvalue weighted by Gasteiger charge is -2.71. The predicted molar refractivity (Wildman–Crippen MR) is 162 cm³/mol. The lowest BCUT2D eigenvalue weighted by atomic mass is 9.38. The predicted octanol–water partition coefficient (Wildman–Crippen LogP) is 3.73. The highest BCUT2D eigenvalue weighted by Gasteiger charge is 2.67. The van der Waals surface area contributed by atoms with Gasteiger partial charge in [-0.1, -0.05) is 0 Å². The minimum absolute atomic E-state index is 0.000693. The summed E-state index contributed by atoms with van der Waals surface area (Å²) in [4.78, 5) is 45.1. The smallest absolute Gasteiger partial charge is 0.255 e. The number of ketones is 1. The van der Waals surface area contributed by atoms with Crippen LogP contribution < -0.4 is 10.6 Å². The maximum absolute atomic E-state index is 13.7. The molecular formula is C33H37N7O4. The number of Topliss-reactive ketones (excluding diaryl/α,β-unsaturated/α-hetero) is 1. The zero-order chi connectivity index (χ0) is 30.5. The molecule has 5 fully saturated rings. The maximum Gasteiger partial charge on any atom is 0.255 e. The fourth-order valence-electron chi connectivity index (χ4n) is 8.06. The zero-order valence-electron chi connectivity index (χ0n) is 25.0. The number of nitriles is 1. The van der Waals surface area contributed by atoms with E-state index in [1.54, 1.807) is 23.7 Å². The molecule has 11 heteroatoms. The van der Waals surface area contributed by atoms with Crippen molar-refractivity contribution in [3.05, 3.63) is 47.8 Å². The van der Waals surface area contributed by atoms with Crippen molar-refractivity contribution in [3.8, 4) is 17.5 Å². The number of carbonyl (C=O) groups excluding carboxylic acids is 3. The van der Waals surface area contributed by atoms with Crippen LogP contribution in [0, 0.1) is 22.7 Å². The third kappa shape index (κ3) is 5.21. The van der Waals surface area contributed by atoms with Gasteiger partial charge in [0.2, 0.25) is 5.91 Å². The number of anilines is 1. The van der Waals surface area contributed by atoms with Gasteiger partial charge in [0, 0.05) is 43.2 Å². The number of nitrogens with zero attached hydrogens (tertiary/aromatic N) is 5. The molecule has 11 nitrogen and oxygen atoms in total. The molecule has 0 radical (unpaired) electrons. The second kappa shape index (κ2) is 11.0. The molecule has 4 aliphatic carbocycles. The molecule has 2 bridgehead atoms. The summed E-state index contributed by atoms with van der Waals surface area (Å²) < 4.78 is 7.13. The molecule has 228 valence electrons. The van der Waals surface area contributed by atoms with Crippen LogP contribution in [0.15, 0.2) is 36.7 Å². The minimum Gasteiger partial charge on any atom is -0.379 e. The van der Waals surface area contributed by atoms with Gasteiger partial charge in [0.1, 0.15) is 11.9 Å². The lowest BCUT2D eigenvalue weighted by Crippen LogP contribution is -2.71. The Balaban J connectivity index is 1.09. The van der Waals surface area contributed by atoms with E-state index in [4.69, 9.17) is 4.74 Å². The first-order valence-corrected chi connectivity index (χ1v) is 15.6. The van der Waals surface area contributed by atoms with Crippen LogP contribution in [0.25, 0.3) is 16.9 Å². The van der Waals surface area contributed by atoms with Crippen LogP contribution in [0.2, 0.25) is 0 Å². The molecule has 8 rings (SSSR count). The Labute approximate surface area is 256 Å². The normalized spacial score (nSPS) is 27.5. The van der Waals surface area contributed by atoms with Gasteiger partial charge in [0.05, 0.1) is 53.1 Å². The van der Waals surface area contributed by atoms with Crippen molar-refractivity contribution in [1.82, 2.24) is 24.8 Å². The quantitative estimate of drug-likeness (QED) is 0.401. The number of carbonyl (C=O) groups is 3. The van der Waals surface area contributed by atoms with Crippen molar-refractivity contribution in [2.75, 3.05) is 31.6 Å². The number of ether oxygens (including phenoxy) is 1. The fraction of sp³-hybridized carbons (Fsp3) is 0.515. The van der Waals surface area contributed by atoms with Crippen molar-refractivity contribution in [2.45, 2.75) is 69.9 Å². The van der Waals surface area contributed by atoms with Crippen molar-refractivity contribution in [2.24, 2.45) is 11.3 Å². The van der Waals surface area contributed by atoms with Crippen molar-refractivity contribution in [3.63, 3.8) is 0 Å². The number of fused-ring (bicyclic) bond motifs is 1. The van der Waals surface area contributed by atoms with E-state index in [1.807, 2.05) is 23.1 Å². The Morgan fingerprint density at radius 2 is 1.82 bits per heavy atom. The monoisotopic (exact) mass is 595 g/mol. The third-order valence-corrected chi connectivity index (χ3v) is 9.94. The molecule has 5 aliphatic rings. The van der Waals surface area contributed by atoms with Crippen LogP contribution in [-0.2, 0) is 14.3 Å². The van der Waals surface area contributed by atoms with E-state index in [9.17, 15) is 19.6 Å². The molecule has 0 atom stereocenters. The molecule has 0 aromatic carbocycles. The van der Waals surface area contributed by atoms with Crippen LogP contribution in [0.3, 0.4) is 0 Å². The van der Waals surface area contributed by atoms with E-state index < -0.39 is 0 Å². The number of pyridine rings is 1. The molecule has 3 aromatic rings. The Hall–Kier alpha value is -4.30. The Morgan fingerprint density at radius 3 is 2.52 bits per heavy atom. The highest BCUT2D eigenvalue weighted by Crippen LogP contribution is 2.70. The Bertz CT molecular complexity index is 1660. The van der Waals surface area contributed by atoms with Gasteiger partial charge < -0.3 is 25.1 Å². The Kier molecular flexibility index (Phi) is 7.12. The minimum atomic E-state index is -0.184. The summed E-state index contributed by atoms with van der Waals surface area (Å²) >= 11 is 0. The lowest BCUT2D eigenvalue weighted by molar-refractivity contribution is -0.144. The molecule has 4 heterocycles. The van der Waals surface area contributed by atoms with Crippen LogP contribution >= 0.6 is 0 Å². The number of nitrogens with one attached hydrogen (secondary N) is 2. The molecule has 0 spiro atoms. The van der Waals surface area contributed by atoms with Crippen LogP contribution in [0.1, 0.15) is 74.2 Å². The van der Waals surface area contributed by atoms with Gasteiger partial charge in [-0.3, -0.25) is 14.6 Å². The molecule has 1 saturated heterocycles. The van der Waals surface area contributed by atoms with Gasteiger partial charge >= 0.3 is 0 Å². The van der Waals surface area contributed by atoms with Crippen LogP contribution in [0.4, 0.5) is 5.69 Å². The summed E-state index contributed by atoms with van der Waals surface area (Å²) in [6.07, 6.45) is 9.50. The van der Waals surface area contributed by atoms with E-state index in [0.717, 1.165) is 56.2 Å². The second-order valence-corrected chi connectivity index (χ2v) is 13.3. The molecule has 2 amide bonds. The molecule has 2 N–H and O–H groups in total. The van der Waals surface area contributed by atoms with E-state index in [2.05, 4.69) is 26.8 Å². The van der Waals surface area contributed by atoms with E-state index in [-0.39, 0.29) is 40.5 Å². The van der Waals surface area contributed by atoms with Crippen molar-refractivity contribution < 1.29 is 19.1 Å². The average molecular weight is 596 g/mol. The zero-order valence-corrected chi connectivity index (χ0v) is 25.0. The molecule has 3 aromatic heterocycles. The number of hydrogen-bond acceptors (Lipinski definition) is 8. The topological polar surface area (TPSA) is 142 Å². The molecule has 1 aliphatic heterocycles. The van der Waals surface area contributed by atoms with Crippen LogP contribution in [-0.4, -0.2) is 75.0 Å². The van der Waals surface area contributed by atoms with Crippen molar-refractivity contribution in [1.29, 1.82) is 5.26 Å². The SMILES string of the molecule is CC(=O)CC12CC(Nc3cc(-c4ccc5cc(C#N)cnn45)ncc3C(=O)NC3CCC(C(=O)N4CCOCC4)CC3)(C1)C2. The molecule has 44 heavy (non-hydrogen) atoms. The fourth-order valence-corrected chi connectivity index (χ4v) is 8.06. The van der Waals surface area contributed by atoms with Gasteiger partial charge in [0.15, 0.2) is 0 Å². The third-order valence-electron chi connectivity index (χ3n) is 9.94. The maximum atomic E-state index is 13.7. The van der Waals surface area contributed by atoms with Gasteiger partial charge in [-0.2, -0.15) is 10.4 Å². The van der Waals surface area contributed by atoms with Gasteiger partial charge in [-0.05, 0) is 81.5 Å². The Morgan fingerprint density at radius 1 is 1.07 bits per heavy atom. The van der Waals surface area contributed by atoms with E-state index >= 15 is 0 Å². The standard InChI is InChI=1S/C33H37N7O4/c1-21(41)14-32-18-33(19-32,20-32)38-27-13-28(29-7-6-25-12-22(15-34)16-36-40(25)29)35-17-26(27)30(42)37-24-4-2-23(3-5-24)31(43)39-8-10-44-11-9-39/h6-7,12-13,16-17,23-24H,2-5,8-11,14,18-20H2,1H3,(H,35,38)(H,37,42). The summed E-state index contributed by atoms with van der Waals surface area (Å²) in [6, 6.07) is 9.60. The summed E-state index contributed by atoms with van der Waals surface area (Å²) in [5, 5.41) is 20.6. The molecular weight excluding hydrogens is 558 g/mol. The summed E-state index contributed by atoms with van der Waals surface area (Å²) in [7, 11) is 0.